The molecular formula is C19H20F2N4O3S. The minimum absolute atomic E-state index is 0.158. The van der Waals surface area contributed by atoms with Crippen molar-refractivity contribution in [2.24, 2.45) is 0 Å². The first-order valence-electron chi connectivity index (χ1n) is 8.75. The Labute approximate surface area is 169 Å². The number of anilines is 1. The van der Waals surface area contributed by atoms with Gasteiger partial charge in [-0.3, -0.25) is 4.79 Å². The number of carbonyl (C=O) groups is 2. The van der Waals surface area contributed by atoms with Crippen molar-refractivity contribution in [1.82, 2.24) is 14.8 Å². The number of ether oxygens (including phenoxy) is 1. The molecule has 0 aromatic carbocycles. The molecule has 0 bridgehead atoms. The van der Waals surface area contributed by atoms with Crippen LogP contribution in [-0.4, -0.2) is 33.8 Å². The molecule has 0 aliphatic carbocycles. The number of alkyl halides is 2. The fraction of sp³-hybridized carbons (Fsp3) is 0.368. The van der Waals surface area contributed by atoms with Gasteiger partial charge in [-0.15, -0.1) is 11.3 Å². The van der Waals surface area contributed by atoms with Gasteiger partial charge in [-0.1, -0.05) is 0 Å². The number of rotatable bonds is 5. The van der Waals surface area contributed by atoms with Crippen LogP contribution in [0.5, 0.6) is 0 Å². The normalized spacial score (nSPS) is 11.3. The molecular weight excluding hydrogens is 402 g/mol. The van der Waals surface area contributed by atoms with Crippen LogP contribution < -0.4 is 5.32 Å². The standard InChI is InChI=1S/C19H20F2N4O3S/c1-8-6-12(16(20)21)15-10(3)24-25(17(15)22-8)7-13(26)23-18-14(19(27)28-5)9(2)11(4)29-18/h6,16H,7H2,1-5H3,(H,23,26). The first kappa shape index (κ1) is 20.8. The number of methoxy groups -OCH3 is 1. The van der Waals surface area contributed by atoms with Crippen LogP contribution in [0.4, 0.5) is 13.8 Å². The lowest BCUT2D eigenvalue weighted by Crippen LogP contribution is -2.20. The Morgan fingerprint density at radius 2 is 1.97 bits per heavy atom. The summed E-state index contributed by atoms with van der Waals surface area (Å²) in [7, 11) is 1.27. The van der Waals surface area contributed by atoms with E-state index in [9.17, 15) is 18.4 Å². The van der Waals surface area contributed by atoms with Crippen LogP contribution in [0.15, 0.2) is 6.07 Å². The molecule has 154 valence electrons. The average molecular weight is 422 g/mol. The van der Waals surface area contributed by atoms with E-state index < -0.39 is 18.3 Å². The van der Waals surface area contributed by atoms with Gasteiger partial charge in [0.15, 0.2) is 5.65 Å². The van der Waals surface area contributed by atoms with E-state index in [0.29, 0.717) is 22.0 Å². The van der Waals surface area contributed by atoms with Gasteiger partial charge in [-0.2, -0.15) is 5.10 Å². The number of pyridine rings is 1. The minimum Gasteiger partial charge on any atom is -0.465 e. The highest BCUT2D eigenvalue weighted by molar-refractivity contribution is 7.16. The number of aryl methyl sites for hydroxylation is 3. The molecule has 0 radical (unpaired) electrons. The summed E-state index contributed by atoms with van der Waals surface area (Å²) in [5.41, 5.74) is 1.88. The smallest absolute Gasteiger partial charge is 0.341 e. The third kappa shape index (κ3) is 3.84. The Kier molecular flexibility index (Phi) is 5.65. The summed E-state index contributed by atoms with van der Waals surface area (Å²) < 4.78 is 32.9. The largest absolute Gasteiger partial charge is 0.465 e. The van der Waals surface area contributed by atoms with Crippen molar-refractivity contribution in [3.8, 4) is 0 Å². The number of esters is 1. The molecule has 1 N–H and O–H groups in total. The number of nitrogens with zero attached hydrogens (tertiary/aromatic N) is 3. The van der Waals surface area contributed by atoms with Crippen LogP contribution in [0.1, 0.15) is 44.2 Å². The zero-order chi connectivity index (χ0) is 21.5. The molecule has 3 aromatic heterocycles. The van der Waals surface area contributed by atoms with Gasteiger partial charge in [-0.05, 0) is 39.3 Å². The van der Waals surface area contributed by atoms with E-state index in [1.165, 1.54) is 29.2 Å². The molecule has 0 fully saturated rings. The second kappa shape index (κ2) is 7.86. The van der Waals surface area contributed by atoms with E-state index in [-0.39, 0.29) is 23.1 Å². The Hall–Kier alpha value is -2.88. The predicted molar refractivity (Wildman–Crippen MR) is 106 cm³/mol. The van der Waals surface area contributed by atoms with Crippen molar-refractivity contribution in [1.29, 1.82) is 0 Å². The topological polar surface area (TPSA) is 86.1 Å². The maximum atomic E-state index is 13.4. The van der Waals surface area contributed by atoms with Gasteiger partial charge in [-0.25, -0.2) is 23.2 Å². The van der Waals surface area contributed by atoms with Gasteiger partial charge in [0.25, 0.3) is 6.43 Å². The molecule has 0 saturated heterocycles. The van der Waals surface area contributed by atoms with Gasteiger partial charge < -0.3 is 10.1 Å². The quantitative estimate of drug-likeness (QED) is 0.626. The molecule has 0 unspecified atom stereocenters. The number of fused-ring (bicyclic) bond motifs is 1. The first-order chi connectivity index (χ1) is 13.6. The summed E-state index contributed by atoms with van der Waals surface area (Å²) in [6, 6.07) is 1.33. The number of carbonyl (C=O) groups excluding carboxylic acids is 2. The highest BCUT2D eigenvalue weighted by Gasteiger charge is 2.23. The number of nitrogens with one attached hydrogen (secondary N) is 1. The maximum absolute atomic E-state index is 13.4. The molecule has 7 nitrogen and oxygen atoms in total. The van der Waals surface area contributed by atoms with Crippen molar-refractivity contribution >= 4 is 39.2 Å². The van der Waals surface area contributed by atoms with E-state index in [1.807, 2.05) is 6.92 Å². The van der Waals surface area contributed by atoms with Crippen LogP contribution in [0.2, 0.25) is 0 Å². The van der Waals surface area contributed by atoms with Crippen LogP contribution in [-0.2, 0) is 16.1 Å². The average Bonchev–Trinajstić information content (AvgIpc) is 3.09. The lowest BCUT2D eigenvalue weighted by Gasteiger charge is -2.08. The van der Waals surface area contributed by atoms with Crippen LogP contribution in [0, 0.1) is 27.7 Å². The molecule has 3 aromatic rings. The second-order valence-corrected chi connectivity index (χ2v) is 7.85. The summed E-state index contributed by atoms with van der Waals surface area (Å²) in [5, 5.41) is 7.55. The highest BCUT2D eigenvalue weighted by Crippen LogP contribution is 2.33. The van der Waals surface area contributed by atoms with Crippen molar-refractivity contribution in [3.63, 3.8) is 0 Å². The second-order valence-electron chi connectivity index (χ2n) is 6.62. The maximum Gasteiger partial charge on any atom is 0.341 e. The Morgan fingerprint density at radius 1 is 1.28 bits per heavy atom. The number of thiophene rings is 1. The molecule has 0 spiro atoms. The summed E-state index contributed by atoms with van der Waals surface area (Å²) in [4.78, 5) is 29.9. The van der Waals surface area contributed by atoms with Crippen molar-refractivity contribution in [3.05, 3.63) is 39.0 Å². The number of amides is 1. The van der Waals surface area contributed by atoms with Crippen molar-refractivity contribution in [2.45, 2.75) is 40.7 Å². The first-order valence-corrected chi connectivity index (χ1v) is 9.56. The number of halogens is 2. The summed E-state index contributed by atoms with van der Waals surface area (Å²) in [6.45, 7) is 6.58. The SMILES string of the molecule is COC(=O)c1c(NC(=O)Cn2nc(C)c3c(C(F)F)cc(C)nc32)sc(C)c1C. The molecule has 0 saturated carbocycles. The molecule has 3 heterocycles. The molecule has 0 aliphatic heterocycles. The van der Waals surface area contributed by atoms with Crippen LogP contribution in [0.3, 0.4) is 0 Å². The predicted octanol–water partition coefficient (Wildman–Crippen LogP) is 4.09. The molecule has 0 atom stereocenters. The van der Waals surface area contributed by atoms with E-state index in [4.69, 9.17) is 4.74 Å². The molecule has 1 amide bonds. The van der Waals surface area contributed by atoms with Crippen molar-refractivity contribution < 1.29 is 23.1 Å². The summed E-state index contributed by atoms with van der Waals surface area (Å²) in [6.07, 6.45) is -2.68. The van der Waals surface area contributed by atoms with Gasteiger partial charge in [0, 0.05) is 16.1 Å². The number of hydrogen-bond acceptors (Lipinski definition) is 6. The highest BCUT2D eigenvalue weighted by atomic mass is 32.1. The van der Waals surface area contributed by atoms with E-state index >= 15 is 0 Å². The van der Waals surface area contributed by atoms with Gasteiger partial charge in [0.1, 0.15) is 11.5 Å². The molecule has 3 rings (SSSR count). The molecule has 29 heavy (non-hydrogen) atoms. The third-order valence-corrected chi connectivity index (χ3v) is 5.71. The van der Waals surface area contributed by atoms with Gasteiger partial charge in [0.05, 0.1) is 23.8 Å². The lowest BCUT2D eigenvalue weighted by molar-refractivity contribution is -0.116. The van der Waals surface area contributed by atoms with Gasteiger partial charge >= 0.3 is 5.97 Å². The lowest BCUT2D eigenvalue weighted by atomic mass is 10.1. The van der Waals surface area contributed by atoms with Gasteiger partial charge in [0.2, 0.25) is 5.91 Å². The van der Waals surface area contributed by atoms with E-state index in [0.717, 1.165) is 10.4 Å². The number of aromatic nitrogens is 3. The monoisotopic (exact) mass is 422 g/mol. The van der Waals surface area contributed by atoms with E-state index in [2.05, 4.69) is 15.4 Å². The van der Waals surface area contributed by atoms with Crippen molar-refractivity contribution in [2.75, 3.05) is 12.4 Å². The fourth-order valence-electron chi connectivity index (χ4n) is 3.16. The summed E-state index contributed by atoms with van der Waals surface area (Å²) >= 11 is 1.26. The third-order valence-electron chi connectivity index (χ3n) is 4.59. The molecule has 10 heteroatoms. The molecule has 0 aliphatic rings. The Balaban J connectivity index is 1.94. The zero-order valence-electron chi connectivity index (χ0n) is 16.6. The number of hydrogen-bond donors (Lipinski definition) is 1. The van der Waals surface area contributed by atoms with Crippen LogP contribution in [0.25, 0.3) is 11.0 Å². The fourth-order valence-corrected chi connectivity index (χ4v) is 4.23. The summed E-state index contributed by atoms with van der Waals surface area (Å²) in [5.74, 6) is -0.996. The van der Waals surface area contributed by atoms with Crippen LogP contribution >= 0.6 is 11.3 Å². The Bertz CT molecular complexity index is 1120. The van der Waals surface area contributed by atoms with E-state index in [1.54, 1.807) is 20.8 Å². The Morgan fingerprint density at radius 3 is 2.59 bits per heavy atom. The zero-order valence-corrected chi connectivity index (χ0v) is 17.4. The minimum atomic E-state index is -2.68.